The maximum absolute atomic E-state index is 13.1. The summed E-state index contributed by atoms with van der Waals surface area (Å²) in [4.78, 5) is 12.9. The molecule has 5 heteroatoms. The molecule has 3 aromatic heterocycles. The van der Waals surface area contributed by atoms with Gasteiger partial charge in [0.15, 0.2) is 0 Å². The molecule has 0 aliphatic heterocycles. The van der Waals surface area contributed by atoms with Crippen molar-refractivity contribution in [3.63, 3.8) is 0 Å². The van der Waals surface area contributed by atoms with Gasteiger partial charge in [0.2, 0.25) is 0 Å². The van der Waals surface area contributed by atoms with Gasteiger partial charge < -0.3 is 0 Å². The second kappa shape index (κ2) is 5.28. The quantitative estimate of drug-likeness (QED) is 0.563. The first kappa shape index (κ1) is 13.6. The number of para-hydroxylation sites is 1. The minimum Gasteiger partial charge on any atom is -0.283 e. The minimum absolute atomic E-state index is 0.357. The fourth-order valence-electron chi connectivity index (χ4n) is 2.70. The molecule has 4 rings (SSSR count). The molecule has 23 heavy (non-hydrogen) atoms. The highest BCUT2D eigenvalue weighted by atomic mass is 19.1. The molecule has 0 saturated heterocycles. The predicted octanol–water partition coefficient (Wildman–Crippen LogP) is 3.93. The molecular weight excluding hydrogens is 291 g/mol. The topological polar surface area (TPSA) is 43.6 Å². The average molecular weight is 304 g/mol. The maximum Gasteiger partial charge on any atom is 0.141 e. The molecular formula is C18H13FN4. The van der Waals surface area contributed by atoms with Gasteiger partial charge in [-0.2, -0.15) is 0 Å². The van der Waals surface area contributed by atoms with Crippen LogP contribution in [0.2, 0.25) is 0 Å². The van der Waals surface area contributed by atoms with Gasteiger partial charge in [0.05, 0.1) is 17.2 Å². The molecule has 1 aromatic carbocycles. The lowest BCUT2D eigenvalue weighted by Crippen LogP contribution is -1.95. The number of nitrogens with zero attached hydrogens (tertiary/aromatic N) is 4. The summed E-state index contributed by atoms with van der Waals surface area (Å²) < 4.78 is 14.9. The molecule has 0 unspecified atom stereocenters. The molecule has 4 nitrogen and oxygen atoms in total. The van der Waals surface area contributed by atoms with Crippen LogP contribution >= 0.6 is 0 Å². The molecule has 0 aliphatic carbocycles. The number of hydrogen-bond acceptors (Lipinski definition) is 3. The third kappa shape index (κ3) is 2.26. The van der Waals surface area contributed by atoms with Crippen LogP contribution in [0.4, 0.5) is 4.39 Å². The molecule has 0 fully saturated rings. The van der Waals surface area contributed by atoms with E-state index in [-0.39, 0.29) is 5.82 Å². The Morgan fingerprint density at radius 3 is 2.65 bits per heavy atom. The molecule has 0 aliphatic rings. The Kier molecular flexibility index (Phi) is 3.12. The molecule has 0 atom stereocenters. The van der Waals surface area contributed by atoms with Gasteiger partial charge in [-0.15, -0.1) is 0 Å². The lowest BCUT2D eigenvalue weighted by molar-refractivity contribution is 0.620. The molecule has 0 bridgehead atoms. The second-order valence-electron chi connectivity index (χ2n) is 5.31. The lowest BCUT2D eigenvalue weighted by Gasteiger charge is -2.07. The van der Waals surface area contributed by atoms with Gasteiger partial charge in [0.25, 0.3) is 0 Å². The minimum atomic E-state index is -0.357. The Labute approximate surface area is 132 Å². The Hall–Kier alpha value is -3.08. The summed E-state index contributed by atoms with van der Waals surface area (Å²) >= 11 is 0. The fourth-order valence-corrected chi connectivity index (χ4v) is 2.70. The number of halogens is 1. The van der Waals surface area contributed by atoms with Crippen LogP contribution in [-0.4, -0.2) is 19.5 Å². The van der Waals surface area contributed by atoms with E-state index in [0.717, 1.165) is 27.7 Å². The summed E-state index contributed by atoms with van der Waals surface area (Å²) in [5.74, 6) is 0.277. The Morgan fingerprint density at radius 2 is 1.87 bits per heavy atom. The van der Waals surface area contributed by atoms with Crippen molar-refractivity contribution in [1.82, 2.24) is 19.5 Å². The second-order valence-corrected chi connectivity index (χ2v) is 5.31. The monoisotopic (exact) mass is 304 g/mol. The van der Waals surface area contributed by atoms with Crippen LogP contribution in [0.1, 0.15) is 5.56 Å². The first-order chi connectivity index (χ1) is 11.2. The number of benzene rings is 1. The number of hydrogen-bond donors (Lipinski definition) is 0. The Morgan fingerprint density at radius 1 is 0.957 bits per heavy atom. The van der Waals surface area contributed by atoms with E-state index in [0.29, 0.717) is 5.82 Å². The van der Waals surface area contributed by atoms with Crippen LogP contribution in [0, 0.1) is 12.7 Å². The van der Waals surface area contributed by atoms with Gasteiger partial charge >= 0.3 is 0 Å². The normalized spacial score (nSPS) is 11.0. The van der Waals surface area contributed by atoms with Crippen LogP contribution in [0.15, 0.2) is 61.3 Å². The zero-order valence-electron chi connectivity index (χ0n) is 12.4. The van der Waals surface area contributed by atoms with Crippen LogP contribution < -0.4 is 0 Å². The van der Waals surface area contributed by atoms with Crippen molar-refractivity contribution in [1.29, 1.82) is 0 Å². The van der Waals surface area contributed by atoms with E-state index in [1.54, 1.807) is 18.6 Å². The van der Waals surface area contributed by atoms with Crippen LogP contribution in [0.5, 0.6) is 0 Å². The smallest absolute Gasteiger partial charge is 0.141 e. The third-order valence-corrected chi connectivity index (χ3v) is 3.86. The van der Waals surface area contributed by atoms with Crippen LogP contribution in [0.3, 0.4) is 0 Å². The highest BCUT2D eigenvalue weighted by Crippen LogP contribution is 2.30. The van der Waals surface area contributed by atoms with E-state index in [9.17, 15) is 4.39 Å². The third-order valence-electron chi connectivity index (χ3n) is 3.86. The number of aromatic nitrogens is 4. The standard InChI is InChI=1S/C18H13FN4/c1-12-7-8-20-10-15(12)14-3-2-4-16-18(14)22-11-23(16)17-6-5-13(19)9-21-17/h2-11H,1H3. The van der Waals surface area contributed by atoms with Crippen molar-refractivity contribution in [3.8, 4) is 16.9 Å². The molecule has 0 spiro atoms. The molecule has 0 N–H and O–H groups in total. The number of fused-ring (bicyclic) bond motifs is 1. The SMILES string of the molecule is Cc1ccncc1-c1cccc2c1ncn2-c1ccc(F)cn1. The Bertz CT molecular complexity index is 990. The van der Waals surface area contributed by atoms with Crippen molar-refractivity contribution >= 4 is 11.0 Å². The molecule has 3 heterocycles. The summed E-state index contributed by atoms with van der Waals surface area (Å²) in [6.45, 7) is 2.05. The van der Waals surface area contributed by atoms with Gasteiger partial charge in [-0.25, -0.2) is 14.4 Å². The predicted molar refractivity (Wildman–Crippen MR) is 86.8 cm³/mol. The van der Waals surface area contributed by atoms with Gasteiger partial charge in [0.1, 0.15) is 18.0 Å². The number of imidazole rings is 1. The van der Waals surface area contributed by atoms with Crippen LogP contribution in [0.25, 0.3) is 28.0 Å². The van der Waals surface area contributed by atoms with Crippen molar-refractivity contribution in [2.24, 2.45) is 0 Å². The molecule has 0 radical (unpaired) electrons. The summed E-state index contributed by atoms with van der Waals surface area (Å²) in [7, 11) is 0. The van der Waals surface area contributed by atoms with E-state index in [1.807, 2.05) is 42.0 Å². The zero-order chi connectivity index (χ0) is 15.8. The maximum atomic E-state index is 13.1. The van der Waals surface area contributed by atoms with Gasteiger partial charge in [-0.05, 0) is 36.8 Å². The average Bonchev–Trinajstić information content (AvgIpc) is 3.00. The van der Waals surface area contributed by atoms with E-state index >= 15 is 0 Å². The molecule has 0 saturated carbocycles. The van der Waals surface area contributed by atoms with E-state index in [4.69, 9.17) is 0 Å². The first-order valence-corrected chi connectivity index (χ1v) is 7.23. The summed E-state index contributed by atoms with van der Waals surface area (Å²) in [5, 5.41) is 0. The van der Waals surface area contributed by atoms with E-state index in [1.165, 1.54) is 12.3 Å². The highest BCUT2D eigenvalue weighted by molar-refractivity contribution is 5.93. The van der Waals surface area contributed by atoms with Crippen molar-refractivity contribution in [2.75, 3.05) is 0 Å². The first-order valence-electron chi connectivity index (χ1n) is 7.23. The van der Waals surface area contributed by atoms with E-state index < -0.39 is 0 Å². The number of rotatable bonds is 2. The molecule has 4 aromatic rings. The van der Waals surface area contributed by atoms with Crippen molar-refractivity contribution in [2.45, 2.75) is 6.92 Å². The number of aryl methyl sites for hydroxylation is 1. The number of pyridine rings is 2. The summed E-state index contributed by atoms with van der Waals surface area (Å²) in [6, 6.07) is 11.0. The van der Waals surface area contributed by atoms with Gasteiger partial charge in [0, 0.05) is 23.5 Å². The van der Waals surface area contributed by atoms with E-state index in [2.05, 4.69) is 15.0 Å². The summed E-state index contributed by atoms with van der Waals surface area (Å²) in [6.07, 6.45) is 6.54. The van der Waals surface area contributed by atoms with Gasteiger partial charge in [-0.1, -0.05) is 12.1 Å². The Balaban J connectivity index is 1.94. The van der Waals surface area contributed by atoms with Crippen LogP contribution in [-0.2, 0) is 0 Å². The fraction of sp³-hybridized carbons (Fsp3) is 0.0556. The molecule has 0 amide bonds. The lowest BCUT2D eigenvalue weighted by atomic mass is 10.0. The highest BCUT2D eigenvalue weighted by Gasteiger charge is 2.12. The molecule has 112 valence electrons. The zero-order valence-corrected chi connectivity index (χ0v) is 12.4. The largest absolute Gasteiger partial charge is 0.283 e. The van der Waals surface area contributed by atoms with Crippen molar-refractivity contribution in [3.05, 3.63) is 72.7 Å². The summed E-state index contributed by atoms with van der Waals surface area (Å²) in [5.41, 5.74) is 5.01. The van der Waals surface area contributed by atoms with Gasteiger partial charge in [-0.3, -0.25) is 9.55 Å². The van der Waals surface area contributed by atoms with Crippen molar-refractivity contribution < 1.29 is 4.39 Å².